The molecule has 3 rings (SSSR count). The van der Waals surface area contributed by atoms with Crippen LogP contribution in [0.5, 0.6) is 5.75 Å². The second-order valence-electron chi connectivity index (χ2n) is 6.19. The first-order chi connectivity index (χ1) is 13.4. The van der Waals surface area contributed by atoms with E-state index in [1.807, 2.05) is 0 Å². The highest BCUT2D eigenvalue weighted by Crippen LogP contribution is 2.23. The summed E-state index contributed by atoms with van der Waals surface area (Å²) < 4.78 is 26.6. The van der Waals surface area contributed by atoms with E-state index in [9.17, 15) is 23.5 Å². The molecular weight excluding hydrogens is 372 g/mol. The number of para-hydroxylation sites is 1. The molecule has 1 fully saturated rings. The van der Waals surface area contributed by atoms with Crippen molar-refractivity contribution in [3.8, 4) is 5.75 Å². The van der Waals surface area contributed by atoms with Crippen molar-refractivity contribution in [2.24, 2.45) is 5.73 Å². The number of benzene rings is 1. The van der Waals surface area contributed by atoms with Crippen LogP contribution >= 0.6 is 0 Å². The first kappa shape index (κ1) is 19.6. The van der Waals surface area contributed by atoms with Gasteiger partial charge in [-0.15, -0.1) is 0 Å². The van der Waals surface area contributed by atoms with E-state index >= 15 is 0 Å². The standard InChI is InChI=1S/C18H19F2N5O3/c19-16(20)15-12(10-22-14(9-21)23-15)18(28)25-7-5-24(6-8-25)17(27)11-3-1-2-4-13(11)26/h1-4,10,16,26H,5-9,21H2. The number of amides is 2. The molecule has 3 N–H and O–H groups in total. The fourth-order valence-corrected chi connectivity index (χ4v) is 2.97. The van der Waals surface area contributed by atoms with Gasteiger partial charge in [0.05, 0.1) is 17.7 Å². The van der Waals surface area contributed by atoms with Gasteiger partial charge in [0.15, 0.2) is 0 Å². The van der Waals surface area contributed by atoms with Gasteiger partial charge in [0, 0.05) is 32.4 Å². The average molecular weight is 391 g/mol. The normalized spacial score (nSPS) is 14.4. The number of hydrogen-bond acceptors (Lipinski definition) is 6. The molecule has 1 aliphatic heterocycles. The van der Waals surface area contributed by atoms with Crippen LogP contribution in [0.4, 0.5) is 8.78 Å². The van der Waals surface area contributed by atoms with Crippen molar-refractivity contribution in [2.45, 2.75) is 13.0 Å². The van der Waals surface area contributed by atoms with Gasteiger partial charge in [-0.25, -0.2) is 18.7 Å². The quantitative estimate of drug-likeness (QED) is 0.809. The number of rotatable bonds is 4. The summed E-state index contributed by atoms with van der Waals surface area (Å²) in [4.78, 5) is 35.6. The molecule has 2 amide bonds. The third-order valence-corrected chi connectivity index (χ3v) is 4.48. The number of carbonyl (C=O) groups is 2. The zero-order valence-electron chi connectivity index (χ0n) is 14.9. The Balaban J connectivity index is 1.71. The molecule has 0 unspecified atom stereocenters. The summed E-state index contributed by atoms with van der Waals surface area (Å²) in [6.07, 6.45) is -1.87. The summed E-state index contributed by atoms with van der Waals surface area (Å²) in [5.41, 5.74) is 4.63. The molecule has 148 valence electrons. The van der Waals surface area contributed by atoms with E-state index in [1.165, 1.54) is 21.9 Å². The van der Waals surface area contributed by atoms with Crippen molar-refractivity contribution in [3.63, 3.8) is 0 Å². The minimum absolute atomic E-state index is 0.0323. The van der Waals surface area contributed by atoms with Crippen LogP contribution in [0, 0.1) is 0 Å². The van der Waals surface area contributed by atoms with E-state index in [0.717, 1.165) is 6.20 Å². The fraction of sp³-hybridized carbons (Fsp3) is 0.333. The number of carbonyl (C=O) groups excluding carboxylic acids is 2. The van der Waals surface area contributed by atoms with Crippen molar-refractivity contribution in [3.05, 3.63) is 53.1 Å². The summed E-state index contributed by atoms with van der Waals surface area (Å²) in [5.74, 6) is -1.06. The second kappa shape index (κ2) is 8.26. The van der Waals surface area contributed by atoms with Gasteiger partial charge in [-0.1, -0.05) is 12.1 Å². The Kier molecular flexibility index (Phi) is 5.78. The van der Waals surface area contributed by atoms with Crippen molar-refractivity contribution >= 4 is 11.8 Å². The molecule has 1 aromatic heterocycles. The van der Waals surface area contributed by atoms with Crippen molar-refractivity contribution in [1.29, 1.82) is 0 Å². The largest absolute Gasteiger partial charge is 0.507 e. The van der Waals surface area contributed by atoms with Crippen LogP contribution in [0.2, 0.25) is 0 Å². The Bertz CT molecular complexity index is 885. The van der Waals surface area contributed by atoms with Crippen LogP contribution in [-0.2, 0) is 6.54 Å². The molecule has 0 radical (unpaired) electrons. The van der Waals surface area contributed by atoms with Crippen LogP contribution in [0.15, 0.2) is 30.5 Å². The Morgan fingerprint density at radius 1 is 1.07 bits per heavy atom. The SMILES string of the molecule is NCc1ncc(C(=O)N2CCN(C(=O)c3ccccc3O)CC2)c(C(F)F)n1. The third-order valence-electron chi connectivity index (χ3n) is 4.48. The molecule has 1 aliphatic rings. The van der Waals surface area contributed by atoms with Gasteiger partial charge in [-0.05, 0) is 12.1 Å². The highest BCUT2D eigenvalue weighted by Gasteiger charge is 2.29. The Morgan fingerprint density at radius 2 is 1.64 bits per heavy atom. The summed E-state index contributed by atoms with van der Waals surface area (Å²) in [6.45, 7) is 0.648. The molecule has 0 saturated carbocycles. The molecule has 0 atom stereocenters. The zero-order valence-corrected chi connectivity index (χ0v) is 14.9. The molecule has 2 heterocycles. The monoisotopic (exact) mass is 391 g/mol. The smallest absolute Gasteiger partial charge is 0.281 e. The van der Waals surface area contributed by atoms with E-state index in [-0.39, 0.29) is 61.3 Å². The average Bonchev–Trinajstić information content (AvgIpc) is 2.72. The summed E-state index contributed by atoms with van der Waals surface area (Å²) in [6, 6.07) is 6.19. The van der Waals surface area contributed by atoms with Crippen molar-refractivity contribution in [2.75, 3.05) is 26.2 Å². The third kappa shape index (κ3) is 3.91. The van der Waals surface area contributed by atoms with Crippen LogP contribution in [0.3, 0.4) is 0 Å². The maximum atomic E-state index is 13.3. The maximum Gasteiger partial charge on any atom is 0.281 e. The van der Waals surface area contributed by atoms with Crippen LogP contribution in [-0.4, -0.2) is 62.9 Å². The van der Waals surface area contributed by atoms with E-state index in [1.54, 1.807) is 12.1 Å². The van der Waals surface area contributed by atoms with Crippen LogP contribution in [0.25, 0.3) is 0 Å². The minimum atomic E-state index is -2.93. The number of phenols is 1. The highest BCUT2D eigenvalue weighted by atomic mass is 19.3. The van der Waals surface area contributed by atoms with Gasteiger partial charge in [0.1, 0.15) is 17.3 Å². The molecule has 0 spiro atoms. The molecule has 1 saturated heterocycles. The number of nitrogens with zero attached hydrogens (tertiary/aromatic N) is 4. The lowest BCUT2D eigenvalue weighted by Crippen LogP contribution is -2.50. The number of alkyl halides is 2. The van der Waals surface area contributed by atoms with Gasteiger partial charge in [0.25, 0.3) is 18.2 Å². The zero-order chi connectivity index (χ0) is 20.3. The van der Waals surface area contributed by atoms with Gasteiger partial charge < -0.3 is 20.6 Å². The van der Waals surface area contributed by atoms with Gasteiger partial charge in [-0.3, -0.25) is 9.59 Å². The topological polar surface area (TPSA) is 113 Å². The lowest BCUT2D eigenvalue weighted by molar-refractivity contribution is 0.0527. The Labute approximate surface area is 159 Å². The molecule has 1 aromatic carbocycles. The van der Waals surface area contributed by atoms with E-state index in [2.05, 4.69) is 9.97 Å². The summed E-state index contributed by atoms with van der Waals surface area (Å²) >= 11 is 0. The first-order valence-electron chi connectivity index (χ1n) is 8.63. The van der Waals surface area contributed by atoms with Gasteiger partial charge in [-0.2, -0.15) is 0 Å². The van der Waals surface area contributed by atoms with Gasteiger partial charge >= 0.3 is 0 Å². The van der Waals surface area contributed by atoms with E-state index in [4.69, 9.17) is 5.73 Å². The summed E-state index contributed by atoms with van der Waals surface area (Å²) in [7, 11) is 0. The molecule has 8 nitrogen and oxygen atoms in total. The Morgan fingerprint density at radius 3 is 2.18 bits per heavy atom. The van der Waals surface area contributed by atoms with Crippen LogP contribution in [0.1, 0.15) is 38.7 Å². The first-order valence-corrected chi connectivity index (χ1v) is 8.63. The number of hydrogen-bond donors (Lipinski definition) is 2. The number of aromatic nitrogens is 2. The number of aromatic hydroxyl groups is 1. The molecule has 28 heavy (non-hydrogen) atoms. The molecule has 10 heteroatoms. The number of nitrogens with two attached hydrogens (primary N) is 1. The van der Waals surface area contributed by atoms with E-state index < -0.39 is 18.0 Å². The Hall–Kier alpha value is -3.14. The molecule has 2 aromatic rings. The molecule has 0 aliphatic carbocycles. The lowest BCUT2D eigenvalue weighted by atomic mass is 10.1. The second-order valence-corrected chi connectivity index (χ2v) is 6.19. The maximum absolute atomic E-state index is 13.3. The lowest BCUT2D eigenvalue weighted by Gasteiger charge is -2.35. The predicted molar refractivity (Wildman–Crippen MR) is 94.8 cm³/mol. The van der Waals surface area contributed by atoms with Crippen LogP contribution < -0.4 is 5.73 Å². The number of piperazine rings is 1. The van der Waals surface area contributed by atoms with Gasteiger partial charge in [0.2, 0.25) is 0 Å². The van der Waals surface area contributed by atoms with Crippen molar-refractivity contribution < 1.29 is 23.5 Å². The molecular formula is C18H19F2N5O3. The molecule has 0 bridgehead atoms. The number of halogens is 2. The fourth-order valence-electron chi connectivity index (χ4n) is 2.97. The van der Waals surface area contributed by atoms with E-state index in [0.29, 0.717) is 0 Å². The highest BCUT2D eigenvalue weighted by molar-refractivity contribution is 5.97. The predicted octanol–water partition coefficient (Wildman–Crippen LogP) is 1.18. The van der Waals surface area contributed by atoms with Crippen molar-refractivity contribution in [1.82, 2.24) is 19.8 Å². The summed E-state index contributed by atoms with van der Waals surface area (Å²) in [5, 5.41) is 9.82. The minimum Gasteiger partial charge on any atom is -0.507 e. The number of phenolic OH excluding ortho intramolecular Hbond substituents is 1.